The number of carbonyl (C=O) groups is 2. The fourth-order valence-electron chi connectivity index (χ4n) is 5.03. The average Bonchev–Trinajstić information content (AvgIpc) is 3.05. The molecule has 8 nitrogen and oxygen atoms in total. The van der Waals surface area contributed by atoms with E-state index >= 15 is 0 Å². The van der Waals surface area contributed by atoms with Gasteiger partial charge in [0.2, 0.25) is 11.8 Å². The molecule has 2 N–H and O–H groups in total. The Morgan fingerprint density at radius 3 is 2.48 bits per heavy atom. The van der Waals surface area contributed by atoms with Crippen molar-refractivity contribution in [1.29, 1.82) is 0 Å². The van der Waals surface area contributed by atoms with E-state index in [9.17, 15) is 14.4 Å². The van der Waals surface area contributed by atoms with E-state index in [1.165, 1.54) is 0 Å². The Labute approximate surface area is 156 Å². The number of nitrogens with zero attached hydrogens (tertiary/aromatic N) is 3. The van der Waals surface area contributed by atoms with Crippen molar-refractivity contribution in [3.63, 3.8) is 0 Å². The Balaban J connectivity index is 1.68. The molecule has 3 atom stereocenters. The maximum atomic E-state index is 13.1. The number of hydrogen-bond donors (Lipinski definition) is 2. The summed E-state index contributed by atoms with van der Waals surface area (Å²) in [6.07, 6.45) is 2.90. The molecule has 0 radical (unpaired) electrons. The minimum absolute atomic E-state index is 0.213. The van der Waals surface area contributed by atoms with Gasteiger partial charge >= 0.3 is 5.69 Å². The van der Waals surface area contributed by atoms with Gasteiger partial charge in [-0.2, -0.15) is 0 Å². The number of carbonyl (C=O) groups excluding carboxylic acids is 2. The van der Waals surface area contributed by atoms with Gasteiger partial charge < -0.3 is 10.2 Å². The maximum absolute atomic E-state index is 13.1. The Kier molecular flexibility index (Phi) is 3.65. The number of imidazole rings is 1. The molecule has 3 fully saturated rings. The molecule has 3 aliphatic rings. The van der Waals surface area contributed by atoms with E-state index in [4.69, 9.17) is 0 Å². The van der Waals surface area contributed by atoms with Crippen molar-refractivity contribution in [3.05, 3.63) is 28.7 Å². The molecule has 0 spiro atoms. The third kappa shape index (κ3) is 2.36. The van der Waals surface area contributed by atoms with Crippen LogP contribution in [-0.4, -0.2) is 46.1 Å². The van der Waals surface area contributed by atoms with Crippen molar-refractivity contribution in [2.24, 2.45) is 7.05 Å². The van der Waals surface area contributed by atoms with Crippen molar-refractivity contribution in [2.45, 2.75) is 43.8 Å². The number of rotatable bonds is 2. The predicted octanol–water partition coefficient (Wildman–Crippen LogP) is 0.258. The zero-order chi connectivity index (χ0) is 18.7. The van der Waals surface area contributed by atoms with Gasteiger partial charge in [0.25, 0.3) is 0 Å². The quantitative estimate of drug-likeness (QED) is 0.742. The molecule has 3 unspecified atom stereocenters. The largest absolute Gasteiger partial charge is 0.361 e. The molecule has 8 heteroatoms. The highest BCUT2D eigenvalue weighted by atomic mass is 16.2. The van der Waals surface area contributed by atoms with E-state index in [1.807, 2.05) is 12.1 Å². The van der Waals surface area contributed by atoms with E-state index in [0.717, 1.165) is 42.7 Å². The van der Waals surface area contributed by atoms with Gasteiger partial charge in [0, 0.05) is 38.6 Å². The molecule has 2 amide bonds. The van der Waals surface area contributed by atoms with Gasteiger partial charge in [-0.1, -0.05) is 6.07 Å². The zero-order valence-electron chi connectivity index (χ0n) is 15.3. The first-order valence-corrected chi connectivity index (χ1v) is 9.59. The van der Waals surface area contributed by atoms with E-state index in [2.05, 4.69) is 21.6 Å². The normalized spacial score (nSPS) is 28.0. The topological polar surface area (TPSA) is 88.4 Å². The number of piperidine rings is 1. The number of hydrogen-bond acceptors (Lipinski definition) is 5. The Morgan fingerprint density at radius 1 is 1.04 bits per heavy atom. The number of piperazine rings is 1. The summed E-state index contributed by atoms with van der Waals surface area (Å²) in [5.74, 6) is -0.670. The highest BCUT2D eigenvalue weighted by molar-refractivity contribution is 6.00. The second-order valence-electron chi connectivity index (χ2n) is 7.77. The predicted molar refractivity (Wildman–Crippen MR) is 101 cm³/mol. The standard InChI is InChI=1S/C19H23N5O3/c1-22-17-13(23-11-5-6-12(23)10-20-9-11)3-2-4-14(17)24(19(22)27)15-7-8-16(25)21-18(15)26/h2-4,11-12,15,20H,5-10H2,1H3,(H,21,25,26). The SMILES string of the molecule is Cn1c(=O)n(C2CCC(=O)NC2=O)c2cccc(N3C4CCC3CNC4)c21. The Hall–Kier alpha value is -2.61. The number of imide groups is 1. The molecule has 4 heterocycles. The van der Waals surface area contributed by atoms with E-state index in [1.54, 1.807) is 16.2 Å². The second kappa shape index (κ2) is 5.95. The summed E-state index contributed by atoms with van der Waals surface area (Å²) in [4.78, 5) is 39.4. The molecule has 1 aromatic heterocycles. The number of fused-ring (bicyclic) bond motifs is 3. The van der Waals surface area contributed by atoms with Crippen LogP contribution < -0.4 is 21.2 Å². The van der Waals surface area contributed by atoms with Gasteiger partial charge in [-0.3, -0.25) is 24.0 Å². The molecule has 142 valence electrons. The summed E-state index contributed by atoms with van der Waals surface area (Å²) >= 11 is 0. The van der Waals surface area contributed by atoms with Gasteiger partial charge in [0.05, 0.1) is 16.7 Å². The minimum atomic E-state index is -0.645. The van der Waals surface area contributed by atoms with Crippen molar-refractivity contribution in [2.75, 3.05) is 18.0 Å². The highest BCUT2D eigenvalue weighted by Crippen LogP contribution is 2.37. The van der Waals surface area contributed by atoms with Crippen LogP contribution in [0.3, 0.4) is 0 Å². The van der Waals surface area contributed by atoms with Crippen molar-refractivity contribution >= 4 is 28.5 Å². The third-order valence-electron chi connectivity index (χ3n) is 6.26. The van der Waals surface area contributed by atoms with Crippen LogP contribution in [-0.2, 0) is 16.6 Å². The van der Waals surface area contributed by atoms with Crippen LogP contribution in [0.5, 0.6) is 0 Å². The minimum Gasteiger partial charge on any atom is -0.361 e. The molecule has 2 bridgehead atoms. The number of benzene rings is 1. The second-order valence-corrected chi connectivity index (χ2v) is 7.77. The van der Waals surface area contributed by atoms with E-state index < -0.39 is 11.9 Å². The summed E-state index contributed by atoms with van der Waals surface area (Å²) in [6.45, 7) is 1.91. The molecular weight excluding hydrogens is 346 g/mol. The lowest BCUT2D eigenvalue weighted by Gasteiger charge is -2.37. The van der Waals surface area contributed by atoms with E-state index in [-0.39, 0.29) is 18.0 Å². The Morgan fingerprint density at radius 2 is 1.78 bits per heavy atom. The maximum Gasteiger partial charge on any atom is 0.329 e. The molecular formula is C19H23N5O3. The molecule has 3 aliphatic heterocycles. The van der Waals surface area contributed by atoms with Crippen LogP contribution in [0.1, 0.15) is 31.7 Å². The summed E-state index contributed by atoms with van der Waals surface area (Å²) in [5, 5.41) is 5.85. The number of aryl methyl sites for hydroxylation is 1. The van der Waals surface area contributed by atoms with Gasteiger partial charge in [0.15, 0.2) is 0 Å². The summed E-state index contributed by atoms with van der Waals surface area (Å²) in [6, 6.07) is 6.16. The Bertz CT molecular complexity index is 991. The van der Waals surface area contributed by atoms with Crippen molar-refractivity contribution < 1.29 is 9.59 Å². The van der Waals surface area contributed by atoms with Crippen LogP contribution in [0.2, 0.25) is 0 Å². The van der Waals surface area contributed by atoms with Gasteiger partial charge in [-0.05, 0) is 31.4 Å². The first-order chi connectivity index (χ1) is 13.1. The van der Waals surface area contributed by atoms with Gasteiger partial charge in [-0.15, -0.1) is 0 Å². The molecule has 27 heavy (non-hydrogen) atoms. The van der Waals surface area contributed by atoms with Crippen LogP contribution in [0.15, 0.2) is 23.0 Å². The molecule has 1 aromatic carbocycles. The highest BCUT2D eigenvalue weighted by Gasteiger charge is 2.38. The lowest BCUT2D eigenvalue weighted by Crippen LogP contribution is -2.52. The smallest absolute Gasteiger partial charge is 0.329 e. The van der Waals surface area contributed by atoms with Crippen LogP contribution in [0.25, 0.3) is 11.0 Å². The monoisotopic (exact) mass is 369 g/mol. The first kappa shape index (κ1) is 16.6. The molecule has 5 rings (SSSR count). The summed E-state index contributed by atoms with van der Waals surface area (Å²) < 4.78 is 3.21. The van der Waals surface area contributed by atoms with Crippen LogP contribution in [0.4, 0.5) is 5.69 Å². The number of nitrogens with one attached hydrogen (secondary N) is 2. The van der Waals surface area contributed by atoms with Crippen molar-refractivity contribution in [3.8, 4) is 0 Å². The number of amides is 2. The summed E-state index contributed by atoms with van der Waals surface area (Å²) in [5.41, 5.74) is 2.47. The van der Waals surface area contributed by atoms with Gasteiger partial charge in [0.1, 0.15) is 6.04 Å². The summed E-state index contributed by atoms with van der Waals surface area (Å²) in [7, 11) is 1.76. The zero-order valence-corrected chi connectivity index (χ0v) is 15.3. The number of aromatic nitrogens is 2. The lowest BCUT2D eigenvalue weighted by atomic mass is 10.1. The molecule has 3 saturated heterocycles. The fourth-order valence-corrected chi connectivity index (χ4v) is 5.03. The number of anilines is 1. The molecule has 0 aliphatic carbocycles. The molecule has 0 saturated carbocycles. The third-order valence-corrected chi connectivity index (χ3v) is 6.26. The van der Waals surface area contributed by atoms with E-state index in [0.29, 0.717) is 18.5 Å². The first-order valence-electron chi connectivity index (χ1n) is 9.59. The number of para-hydroxylation sites is 1. The van der Waals surface area contributed by atoms with Crippen LogP contribution in [0, 0.1) is 0 Å². The van der Waals surface area contributed by atoms with Gasteiger partial charge in [-0.25, -0.2) is 4.79 Å². The van der Waals surface area contributed by atoms with Crippen LogP contribution >= 0.6 is 0 Å². The fraction of sp³-hybridized carbons (Fsp3) is 0.526. The molecule has 2 aromatic rings. The van der Waals surface area contributed by atoms with Crippen molar-refractivity contribution in [1.82, 2.24) is 19.8 Å². The average molecular weight is 369 g/mol. The lowest BCUT2D eigenvalue weighted by molar-refractivity contribution is -0.135.